The summed E-state index contributed by atoms with van der Waals surface area (Å²) in [5, 5.41) is 2.81. The van der Waals surface area contributed by atoms with Crippen molar-refractivity contribution < 1.29 is 19.1 Å². The van der Waals surface area contributed by atoms with Crippen LogP contribution in [0.25, 0.3) is 16.9 Å². The van der Waals surface area contributed by atoms with Crippen molar-refractivity contribution in [3.8, 4) is 0 Å². The predicted octanol–water partition coefficient (Wildman–Crippen LogP) is 15.0. The van der Waals surface area contributed by atoms with Crippen molar-refractivity contribution in [1.82, 2.24) is 0 Å². The maximum absolute atomic E-state index is 11.8. The molecule has 0 radical (unpaired) electrons. The van der Waals surface area contributed by atoms with E-state index in [-0.39, 0.29) is 0 Å². The Balaban J connectivity index is 0.000000597. The molecule has 0 N–H and O–H groups in total. The fraction of sp³-hybridized carbons (Fsp3) is 0.636. The van der Waals surface area contributed by atoms with Gasteiger partial charge >= 0.3 is 77.6 Å². The number of rotatable bonds is 24. The molecule has 1 aliphatic heterocycles. The van der Waals surface area contributed by atoms with Gasteiger partial charge in [0.15, 0.2) is 0 Å². The topological polar surface area (TPSA) is 25.3 Å². The van der Waals surface area contributed by atoms with Crippen molar-refractivity contribution in [3.05, 3.63) is 87.5 Å². The molecular weight excluding hydrogens is 615 g/mol. The third kappa shape index (κ3) is 15.0. The minimum absolute atomic E-state index is 1.00. The van der Waals surface area contributed by atoms with Gasteiger partial charge in [0.2, 0.25) is 11.4 Å². The van der Waals surface area contributed by atoms with E-state index in [2.05, 4.69) is 90.1 Å². The summed E-state index contributed by atoms with van der Waals surface area (Å²) in [6.07, 6.45) is 25.1. The summed E-state index contributed by atoms with van der Waals surface area (Å²) in [6.45, 7) is 13.5. The molecule has 2 nitrogen and oxygen atoms in total. The fourth-order valence-electron chi connectivity index (χ4n) is 6.31. The van der Waals surface area contributed by atoms with Gasteiger partial charge < -0.3 is 5.53 Å². The Morgan fingerprint density at radius 1 is 0.489 bits per heavy atom. The first-order valence-electron chi connectivity index (χ1n) is 19.6. The summed E-state index contributed by atoms with van der Waals surface area (Å²) < 4.78 is 1.54. The van der Waals surface area contributed by atoms with Gasteiger partial charge in [0.1, 0.15) is 0 Å². The second-order valence-corrected chi connectivity index (χ2v) is 14.8. The van der Waals surface area contributed by atoms with Crippen molar-refractivity contribution in [1.29, 1.82) is 0 Å². The molecule has 47 heavy (non-hydrogen) atoms. The van der Waals surface area contributed by atoms with Crippen LogP contribution in [0.5, 0.6) is 0 Å². The first kappa shape index (κ1) is 41.2. The summed E-state index contributed by atoms with van der Waals surface area (Å²) in [7, 11) is 0. The van der Waals surface area contributed by atoms with Crippen LogP contribution in [0.3, 0.4) is 0 Å². The van der Waals surface area contributed by atoms with E-state index in [1.807, 2.05) is 14.4 Å². The summed E-state index contributed by atoms with van der Waals surface area (Å²) in [5.41, 5.74) is 21.5. The zero-order valence-electron chi connectivity index (χ0n) is 31.4. The Kier molecular flexibility index (Phi) is 22.7. The van der Waals surface area contributed by atoms with Crippen molar-refractivity contribution in [2.45, 2.75) is 181 Å². The fourth-order valence-corrected chi connectivity index (χ4v) is 7.54. The van der Waals surface area contributed by atoms with E-state index < -0.39 is 0 Å². The minimum atomic E-state index is 1.00. The molecule has 0 saturated heterocycles. The van der Waals surface area contributed by atoms with Crippen LogP contribution in [0, 0.1) is 0 Å². The zero-order chi connectivity index (χ0) is 34.1. The van der Waals surface area contributed by atoms with Crippen LogP contribution < -0.4 is 0 Å². The Morgan fingerprint density at radius 3 is 1.45 bits per heavy atom. The Labute approximate surface area is 297 Å². The van der Waals surface area contributed by atoms with Crippen LogP contribution in [0.4, 0.5) is 0 Å². The van der Waals surface area contributed by atoms with Crippen molar-refractivity contribution in [3.63, 3.8) is 0 Å². The molecule has 0 aliphatic carbocycles. The van der Waals surface area contributed by atoms with Gasteiger partial charge in [-0.1, -0.05) is 96.9 Å². The van der Waals surface area contributed by atoms with E-state index in [4.69, 9.17) is 0 Å². The van der Waals surface area contributed by atoms with Crippen LogP contribution in [0.15, 0.2) is 59.7 Å². The van der Waals surface area contributed by atoms with Crippen molar-refractivity contribution in [2.75, 3.05) is 0 Å². The third-order valence-electron chi connectivity index (χ3n) is 9.20. The summed E-state index contributed by atoms with van der Waals surface area (Å²) in [4.78, 5) is 0. The van der Waals surface area contributed by atoms with Gasteiger partial charge in [0, 0.05) is 22.3 Å². The molecular formula is C44H70N2Ni. The monoisotopic (exact) mass is 684 g/mol. The molecule has 0 spiro atoms. The van der Waals surface area contributed by atoms with E-state index in [9.17, 15) is 5.53 Å². The second kappa shape index (κ2) is 26.0. The molecule has 0 aromatic heterocycles. The second-order valence-electron chi connectivity index (χ2n) is 13.3. The SMILES string of the molecule is CCCCCCCCc1cccc(C2=C(CCCC)C(CCCC)=C(c3cccc(CC)c3)[N+]2=[N-])c1.CCCC[CH2][Ni][CH2]CCCC. The van der Waals surface area contributed by atoms with Crippen molar-refractivity contribution in [2.24, 2.45) is 0 Å². The summed E-state index contributed by atoms with van der Waals surface area (Å²) >= 11 is 1.97. The maximum atomic E-state index is 11.8. The van der Waals surface area contributed by atoms with Gasteiger partial charge in [0.25, 0.3) is 0 Å². The van der Waals surface area contributed by atoms with Gasteiger partial charge in [0.05, 0.1) is 0 Å². The Morgan fingerprint density at radius 2 is 0.936 bits per heavy atom. The molecule has 0 unspecified atom stereocenters. The first-order valence-corrected chi connectivity index (χ1v) is 21.0. The predicted molar refractivity (Wildman–Crippen MR) is 205 cm³/mol. The molecule has 1 heterocycles. The van der Waals surface area contributed by atoms with E-state index in [1.54, 1.807) is 0 Å². The Bertz CT molecular complexity index is 1200. The quantitative estimate of drug-likeness (QED) is 0.0597. The zero-order valence-corrected chi connectivity index (χ0v) is 32.4. The van der Waals surface area contributed by atoms with E-state index in [0.29, 0.717) is 0 Å². The number of unbranched alkanes of at least 4 members (excludes halogenated alkanes) is 11. The van der Waals surface area contributed by atoms with Crippen LogP contribution >= 0.6 is 0 Å². The molecule has 3 rings (SSSR count). The van der Waals surface area contributed by atoms with E-state index in [1.165, 1.54) is 115 Å². The third-order valence-corrected chi connectivity index (χ3v) is 10.6. The van der Waals surface area contributed by atoms with E-state index in [0.717, 1.165) is 73.9 Å². The van der Waals surface area contributed by atoms with Gasteiger partial charge in [-0.3, -0.25) is 0 Å². The number of allylic oxidation sites excluding steroid dienone is 2. The number of hydrogen-bond donors (Lipinski definition) is 0. The van der Waals surface area contributed by atoms with Crippen LogP contribution in [0.1, 0.15) is 179 Å². The van der Waals surface area contributed by atoms with Crippen LogP contribution in [-0.4, -0.2) is 4.70 Å². The van der Waals surface area contributed by atoms with E-state index >= 15 is 0 Å². The number of hydrogen-bond acceptors (Lipinski definition) is 0. The molecule has 0 saturated carbocycles. The number of benzene rings is 2. The first-order chi connectivity index (χ1) is 23.1. The average molecular weight is 686 g/mol. The molecule has 0 amide bonds. The van der Waals surface area contributed by atoms with Gasteiger partial charge in [-0.15, -0.1) is 0 Å². The average Bonchev–Trinajstić information content (AvgIpc) is 3.38. The van der Waals surface area contributed by atoms with Crippen LogP contribution in [0.2, 0.25) is 10.8 Å². The summed E-state index contributed by atoms with van der Waals surface area (Å²) in [6, 6.07) is 17.7. The number of aryl methyl sites for hydroxylation is 2. The molecule has 0 bridgehead atoms. The van der Waals surface area contributed by atoms with Gasteiger partial charge in [-0.05, 0) is 80.3 Å². The molecule has 2 aromatic rings. The van der Waals surface area contributed by atoms with Gasteiger partial charge in [-0.25, -0.2) is 4.70 Å². The molecule has 3 heteroatoms. The molecule has 0 atom stereocenters. The molecule has 1 aliphatic rings. The normalized spacial score (nSPS) is 13.1. The molecule has 0 fully saturated rings. The van der Waals surface area contributed by atoms with Crippen LogP contribution in [-0.2, 0) is 27.3 Å². The number of nitrogens with zero attached hydrogens (tertiary/aromatic N) is 2. The molecule has 266 valence electrons. The van der Waals surface area contributed by atoms with Crippen molar-refractivity contribution >= 4 is 11.4 Å². The standard InChI is InChI=1S/C34H48N2.2C5H11.Ni/c1-5-9-12-13-14-15-18-28-20-17-22-30(26-28)34-32(24-11-7-3)31(23-10-6-2)33(36(34)35)29-21-16-19-27(8-4)25-29;2*1-3-5-4-2;/h16-17,19-22,25-26H,5-15,18,23-24H2,1-4H3;2*1,3-5H2,2H3;. The summed E-state index contributed by atoms with van der Waals surface area (Å²) in [5.74, 6) is 0. The van der Waals surface area contributed by atoms with Gasteiger partial charge in [-0.2, -0.15) is 0 Å². The Hall–Kier alpha value is -1.99. The molecule has 2 aromatic carbocycles.